The molecule has 20 heavy (non-hydrogen) atoms. The number of aliphatic hydroxyl groups excluding tert-OH is 1. The minimum atomic E-state index is -3.78. The molecule has 0 bridgehead atoms. The van der Waals surface area contributed by atoms with Gasteiger partial charge in [0.1, 0.15) is 0 Å². The summed E-state index contributed by atoms with van der Waals surface area (Å²) in [7, 11) is -3.78. The molecule has 8 heteroatoms. The molecule has 0 aromatic heterocycles. The van der Waals surface area contributed by atoms with Crippen LogP contribution in [-0.2, 0) is 19.0 Å². The summed E-state index contributed by atoms with van der Waals surface area (Å²) in [6.07, 6.45) is -2.12. The van der Waals surface area contributed by atoms with Gasteiger partial charge in [0.15, 0.2) is 12.2 Å². The Morgan fingerprint density at radius 2 is 2.00 bits per heavy atom. The molecule has 1 aromatic rings. The first kappa shape index (κ1) is 15.0. The quantitative estimate of drug-likeness (QED) is 0.811. The van der Waals surface area contributed by atoms with Gasteiger partial charge in [0.25, 0.3) is 0 Å². The van der Waals surface area contributed by atoms with Crippen molar-refractivity contribution in [2.45, 2.75) is 19.1 Å². The lowest BCUT2D eigenvalue weighted by molar-refractivity contribution is 0.0408. The summed E-state index contributed by atoms with van der Waals surface area (Å²) in [5.41, 5.74) is 6.18. The highest BCUT2D eigenvalue weighted by molar-refractivity contribution is 7.86. The van der Waals surface area contributed by atoms with Crippen molar-refractivity contribution >= 4 is 21.7 Å². The van der Waals surface area contributed by atoms with E-state index >= 15 is 0 Å². The molecule has 0 spiro atoms. The van der Waals surface area contributed by atoms with E-state index in [2.05, 4.69) is 0 Å². The number of halogens is 1. The molecule has 0 saturated carbocycles. The Kier molecular flexibility index (Phi) is 4.12. The van der Waals surface area contributed by atoms with Gasteiger partial charge in [-0.25, -0.2) is 0 Å². The average molecular weight is 320 g/mol. The molecular weight excluding hydrogens is 306 g/mol. The lowest BCUT2D eigenvalue weighted by Gasteiger charge is -2.16. The van der Waals surface area contributed by atoms with Crippen LogP contribution in [0.3, 0.4) is 0 Å². The smallest absolute Gasteiger partial charge is 0.308 e. The van der Waals surface area contributed by atoms with Gasteiger partial charge >= 0.3 is 10.1 Å². The van der Waals surface area contributed by atoms with Crippen LogP contribution in [0.4, 0.5) is 0 Å². The maximum Gasteiger partial charge on any atom is 0.308 e. The summed E-state index contributed by atoms with van der Waals surface area (Å²) in [6.45, 7) is 1.42. The molecule has 1 unspecified atom stereocenters. The molecule has 0 radical (unpaired) electrons. The fourth-order valence-corrected chi connectivity index (χ4v) is 2.43. The molecular formula is C12H14ClNO5S. The van der Waals surface area contributed by atoms with E-state index in [-0.39, 0.29) is 17.4 Å². The highest BCUT2D eigenvalue weighted by Gasteiger charge is 2.39. The minimum Gasteiger partial charge on any atom is -0.465 e. The number of benzene rings is 1. The summed E-state index contributed by atoms with van der Waals surface area (Å²) in [4.78, 5) is 0. The van der Waals surface area contributed by atoms with Crippen molar-refractivity contribution in [3.63, 3.8) is 0 Å². The molecule has 6 nitrogen and oxygen atoms in total. The molecule has 0 amide bonds. The van der Waals surface area contributed by atoms with Gasteiger partial charge in [-0.15, -0.1) is 0 Å². The van der Waals surface area contributed by atoms with Gasteiger partial charge in [0, 0.05) is 5.02 Å². The molecule has 0 aliphatic carbocycles. The highest BCUT2D eigenvalue weighted by Crippen LogP contribution is 2.36. The highest BCUT2D eigenvalue weighted by atomic mass is 35.5. The molecule has 0 fully saturated rings. The Bertz CT molecular complexity index is 626. The van der Waals surface area contributed by atoms with Crippen LogP contribution in [-0.4, -0.2) is 25.4 Å². The first-order valence-electron chi connectivity index (χ1n) is 5.86. The van der Waals surface area contributed by atoms with E-state index in [0.717, 1.165) is 0 Å². The van der Waals surface area contributed by atoms with Crippen LogP contribution in [0.25, 0.3) is 0 Å². The fraction of sp³-hybridized carbons (Fsp3) is 0.333. The molecule has 110 valence electrons. The van der Waals surface area contributed by atoms with Gasteiger partial charge in [-0.2, -0.15) is 8.42 Å². The van der Waals surface area contributed by atoms with Crippen molar-refractivity contribution in [2.24, 2.45) is 5.73 Å². The lowest BCUT2D eigenvalue weighted by atomic mass is 10.0. The van der Waals surface area contributed by atoms with E-state index in [1.54, 1.807) is 24.3 Å². The zero-order valence-electron chi connectivity index (χ0n) is 10.6. The van der Waals surface area contributed by atoms with Crippen LogP contribution >= 0.6 is 11.6 Å². The SMILES string of the molecule is CCS(=O)(=O)OC1=C(N)O[C@H](c2ccc(Cl)cc2)C1O. The Hall–Kier alpha value is -1.44. The first-order chi connectivity index (χ1) is 9.34. The van der Waals surface area contributed by atoms with E-state index in [1.165, 1.54) is 6.92 Å². The summed E-state index contributed by atoms with van der Waals surface area (Å²) in [6, 6.07) is 6.57. The van der Waals surface area contributed by atoms with Crippen LogP contribution in [0.15, 0.2) is 35.9 Å². The molecule has 2 atom stereocenters. The maximum absolute atomic E-state index is 11.4. The lowest BCUT2D eigenvalue weighted by Crippen LogP contribution is -2.20. The molecule has 1 aromatic carbocycles. The third kappa shape index (κ3) is 3.00. The van der Waals surface area contributed by atoms with E-state index in [9.17, 15) is 13.5 Å². The van der Waals surface area contributed by atoms with Gasteiger partial charge in [-0.3, -0.25) is 0 Å². The van der Waals surface area contributed by atoms with E-state index in [0.29, 0.717) is 10.6 Å². The molecule has 1 aliphatic rings. The second kappa shape index (κ2) is 5.51. The van der Waals surface area contributed by atoms with Crippen LogP contribution in [0.2, 0.25) is 5.02 Å². The van der Waals surface area contributed by atoms with E-state index in [4.69, 9.17) is 26.3 Å². The number of rotatable bonds is 4. The average Bonchev–Trinajstić information content (AvgIpc) is 2.67. The van der Waals surface area contributed by atoms with Crippen molar-refractivity contribution < 1.29 is 22.4 Å². The zero-order chi connectivity index (χ0) is 14.9. The van der Waals surface area contributed by atoms with Gasteiger partial charge in [-0.1, -0.05) is 23.7 Å². The summed E-state index contributed by atoms with van der Waals surface area (Å²) < 4.78 is 32.9. The third-order valence-electron chi connectivity index (χ3n) is 2.82. The van der Waals surface area contributed by atoms with Gasteiger partial charge in [0.2, 0.25) is 11.6 Å². The predicted octanol–water partition coefficient (Wildman–Crippen LogP) is 1.27. The third-order valence-corrected chi connectivity index (χ3v) is 4.21. The van der Waals surface area contributed by atoms with Crippen LogP contribution in [0.1, 0.15) is 18.6 Å². The van der Waals surface area contributed by atoms with Crippen molar-refractivity contribution in [3.05, 3.63) is 46.5 Å². The maximum atomic E-state index is 11.4. The second-order valence-corrected chi connectivity index (χ2v) is 6.49. The van der Waals surface area contributed by atoms with Gasteiger partial charge in [-0.05, 0) is 24.6 Å². The fourth-order valence-electron chi connectivity index (χ4n) is 1.73. The predicted molar refractivity (Wildman–Crippen MR) is 73.0 cm³/mol. The number of nitrogens with two attached hydrogens (primary N) is 1. The molecule has 1 aliphatic heterocycles. The van der Waals surface area contributed by atoms with Gasteiger partial charge in [0.05, 0.1) is 5.75 Å². The van der Waals surface area contributed by atoms with Crippen molar-refractivity contribution in [1.82, 2.24) is 0 Å². The molecule has 1 heterocycles. The van der Waals surface area contributed by atoms with Crippen LogP contribution in [0, 0.1) is 0 Å². The number of aliphatic hydroxyl groups is 1. The Morgan fingerprint density at radius 1 is 1.40 bits per heavy atom. The Morgan fingerprint density at radius 3 is 2.55 bits per heavy atom. The van der Waals surface area contributed by atoms with Crippen molar-refractivity contribution in [1.29, 1.82) is 0 Å². The van der Waals surface area contributed by atoms with Crippen LogP contribution in [0.5, 0.6) is 0 Å². The summed E-state index contributed by atoms with van der Waals surface area (Å²) in [5, 5.41) is 10.6. The Balaban J connectivity index is 2.22. The molecule has 2 rings (SSSR count). The van der Waals surface area contributed by atoms with Crippen molar-refractivity contribution in [2.75, 3.05) is 5.75 Å². The topological polar surface area (TPSA) is 98.9 Å². The van der Waals surface area contributed by atoms with E-state index < -0.39 is 22.3 Å². The van der Waals surface area contributed by atoms with Gasteiger partial charge < -0.3 is 19.8 Å². The molecule has 0 saturated heterocycles. The zero-order valence-corrected chi connectivity index (χ0v) is 12.2. The Labute approximate surface area is 121 Å². The monoisotopic (exact) mass is 319 g/mol. The standard InChI is InChI=1S/C12H14ClNO5S/c1-2-20(16,17)19-11-9(15)10(18-12(11)14)7-3-5-8(13)6-4-7/h3-6,9-10,15H,2,14H2,1H3/t9?,10-/m1/s1. The van der Waals surface area contributed by atoms with Crippen molar-refractivity contribution in [3.8, 4) is 0 Å². The number of hydrogen-bond acceptors (Lipinski definition) is 6. The normalized spacial score (nSPS) is 22.8. The summed E-state index contributed by atoms with van der Waals surface area (Å²) >= 11 is 5.78. The number of ether oxygens (including phenoxy) is 1. The van der Waals surface area contributed by atoms with E-state index in [1.807, 2.05) is 0 Å². The largest absolute Gasteiger partial charge is 0.465 e. The summed E-state index contributed by atoms with van der Waals surface area (Å²) in [5.74, 6) is -0.761. The van der Waals surface area contributed by atoms with Crippen LogP contribution < -0.4 is 5.73 Å². The number of hydrogen-bond donors (Lipinski definition) is 2. The first-order valence-corrected chi connectivity index (χ1v) is 7.81. The minimum absolute atomic E-state index is 0.234. The second-order valence-electron chi connectivity index (χ2n) is 4.19. The molecule has 3 N–H and O–H groups in total.